The normalized spacial score (nSPS) is 25.0. The van der Waals surface area contributed by atoms with E-state index < -0.39 is 6.10 Å². The molecule has 0 saturated carbocycles. The van der Waals surface area contributed by atoms with E-state index in [1.807, 2.05) is 13.8 Å². The third-order valence-electron chi connectivity index (χ3n) is 2.67. The van der Waals surface area contributed by atoms with Gasteiger partial charge in [-0.15, -0.1) is 12.4 Å². The summed E-state index contributed by atoms with van der Waals surface area (Å²) in [5.74, 6) is -0.0725. The lowest BCUT2D eigenvalue weighted by Gasteiger charge is -2.24. The second kappa shape index (κ2) is 6.39. The second-order valence-electron chi connectivity index (χ2n) is 4.53. The zero-order valence-corrected chi connectivity index (χ0v) is 10.8. The number of hydrogen-bond acceptors (Lipinski definition) is 4. The van der Waals surface area contributed by atoms with Gasteiger partial charge in [-0.3, -0.25) is 4.79 Å². The summed E-state index contributed by atoms with van der Waals surface area (Å²) in [6.45, 7) is 4.77. The summed E-state index contributed by atoms with van der Waals surface area (Å²) in [7, 11) is 1.61. The van der Waals surface area contributed by atoms with Crippen LogP contribution >= 0.6 is 12.4 Å². The molecule has 1 saturated heterocycles. The Balaban J connectivity index is 0.00000225. The molecule has 16 heavy (non-hydrogen) atoms. The number of ether oxygens (including phenoxy) is 1. The summed E-state index contributed by atoms with van der Waals surface area (Å²) in [5.41, 5.74) is -0.354. The van der Waals surface area contributed by atoms with Crippen LogP contribution in [0.4, 0.5) is 0 Å². The number of rotatable bonds is 4. The maximum Gasteiger partial charge on any atom is 0.237 e. The van der Waals surface area contributed by atoms with Gasteiger partial charge in [0.25, 0.3) is 0 Å². The number of nitrogens with one attached hydrogen (secondary N) is 2. The van der Waals surface area contributed by atoms with Crippen LogP contribution in [0.3, 0.4) is 0 Å². The predicted molar refractivity (Wildman–Crippen MR) is 63.8 cm³/mol. The average Bonchev–Trinajstić information content (AvgIpc) is 2.61. The fourth-order valence-corrected chi connectivity index (χ4v) is 1.41. The van der Waals surface area contributed by atoms with Gasteiger partial charge in [0, 0.05) is 20.2 Å². The summed E-state index contributed by atoms with van der Waals surface area (Å²) in [4.78, 5) is 11.6. The van der Waals surface area contributed by atoms with Gasteiger partial charge in [0.2, 0.25) is 5.91 Å². The molecular weight excluding hydrogens is 232 g/mol. The fraction of sp³-hybridized carbons (Fsp3) is 0.900. The summed E-state index contributed by atoms with van der Waals surface area (Å²) < 4.78 is 5.19. The molecule has 1 rings (SSSR count). The molecule has 1 amide bonds. The van der Waals surface area contributed by atoms with Crippen molar-refractivity contribution in [1.82, 2.24) is 10.6 Å². The Hall–Kier alpha value is -0.360. The van der Waals surface area contributed by atoms with Gasteiger partial charge in [-0.2, -0.15) is 0 Å². The van der Waals surface area contributed by atoms with Crippen LogP contribution in [0.1, 0.15) is 20.3 Å². The van der Waals surface area contributed by atoms with Crippen LogP contribution < -0.4 is 10.6 Å². The van der Waals surface area contributed by atoms with E-state index in [1.54, 1.807) is 7.11 Å². The van der Waals surface area contributed by atoms with Crippen LogP contribution in [0, 0.1) is 0 Å². The van der Waals surface area contributed by atoms with Crippen LogP contribution in [0.5, 0.6) is 0 Å². The van der Waals surface area contributed by atoms with E-state index >= 15 is 0 Å². The monoisotopic (exact) mass is 252 g/mol. The van der Waals surface area contributed by atoms with Crippen molar-refractivity contribution in [2.24, 2.45) is 0 Å². The van der Waals surface area contributed by atoms with E-state index in [0.29, 0.717) is 19.5 Å². The standard InChI is InChI=1S/C10H20N2O3.ClH/c1-10(2,15-3)6-12-9(14)8-4-7(13)5-11-8;/h7-8,11,13H,4-6H2,1-3H3,(H,12,14);1H. The van der Waals surface area contributed by atoms with Gasteiger partial charge in [-0.25, -0.2) is 0 Å². The number of carbonyl (C=O) groups is 1. The maximum atomic E-state index is 11.6. The number of aliphatic hydroxyl groups is 1. The van der Waals surface area contributed by atoms with Crippen molar-refractivity contribution in [2.75, 3.05) is 20.2 Å². The topological polar surface area (TPSA) is 70.6 Å². The molecule has 0 bridgehead atoms. The Morgan fingerprint density at radius 1 is 1.62 bits per heavy atom. The Morgan fingerprint density at radius 3 is 2.69 bits per heavy atom. The van der Waals surface area contributed by atoms with Crippen molar-refractivity contribution in [2.45, 2.75) is 38.0 Å². The summed E-state index contributed by atoms with van der Waals surface area (Å²) in [6, 6.07) is -0.271. The van der Waals surface area contributed by atoms with Gasteiger partial charge in [-0.1, -0.05) is 0 Å². The van der Waals surface area contributed by atoms with Gasteiger partial charge in [-0.05, 0) is 20.3 Å². The lowest BCUT2D eigenvalue weighted by Crippen LogP contribution is -2.46. The SMILES string of the molecule is COC(C)(C)CNC(=O)C1CC(O)CN1.Cl. The molecule has 6 heteroatoms. The molecule has 1 aliphatic rings. The van der Waals surface area contributed by atoms with Crippen molar-refractivity contribution >= 4 is 18.3 Å². The van der Waals surface area contributed by atoms with E-state index in [9.17, 15) is 9.90 Å². The molecule has 3 N–H and O–H groups in total. The average molecular weight is 253 g/mol. The van der Waals surface area contributed by atoms with Crippen LogP contribution in [-0.2, 0) is 9.53 Å². The quantitative estimate of drug-likeness (QED) is 0.641. The maximum absolute atomic E-state index is 11.6. The first kappa shape index (κ1) is 15.6. The number of carbonyl (C=O) groups excluding carboxylic acids is 1. The smallest absolute Gasteiger partial charge is 0.237 e. The summed E-state index contributed by atoms with van der Waals surface area (Å²) >= 11 is 0. The lowest BCUT2D eigenvalue weighted by molar-refractivity contribution is -0.124. The Morgan fingerprint density at radius 2 is 2.25 bits per heavy atom. The molecule has 0 aromatic carbocycles. The van der Waals surface area contributed by atoms with E-state index in [4.69, 9.17) is 4.74 Å². The largest absolute Gasteiger partial charge is 0.392 e. The number of β-amino-alcohol motifs (C(OH)–C–C–N with tert-alkyl or cyclic N) is 1. The molecule has 0 aromatic rings. The molecule has 2 atom stereocenters. The van der Waals surface area contributed by atoms with Crippen LogP contribution in [0.2, 0.25) is 0 Å². The molecule has 1 heterocycles. The molecule has 0 aromatic heterocycles. The molecule has 96 valence electrons. The number of methoxy groups -OCH3 is 1. The number of hydrogen-bond donors (Lipinski definition) is 3. The Labute approximate surface area is 102 Å². The minimum Gasteiger partial charge on any atom is -0.392 e. The molecule has 0 radical (unpaired) electrons. The zero-order valence-electron chi connectivity index (χ0n) is 9.95. The van der Waals surface area contributed by atoms with Crippen molar-refractivity contribution in [3.05, 3.63) is 0 Å². The molecule has 0 spiro atoms. The molecule has 5 nitrogen and oxygen atoms in total. The van der Waals surface area contributed by atoms with Gasteiger partial charge >= 0.3 is 0 Å². The Bertz CT molecular complexity index is 236. The highest BCUT2D eigenvalue weighted by molar-refractivity contribution is 5.85. The number of aliphatic hydroxyl groups excluding tert-OH is 1. The van der Waals surface area contributed by atoms with Crippen molar-refractivity contribution in [1.29, 1.82) is 0 Å². The first-order valence-corrected chi connectivity index (χ1v) is 5.19. The molecule has 1 fully saturated rings. The van der Waals surface area contributed by atoms with E-state index in [1.165, 1.54) is 0 Å². The molecule has 0 aliphatic carbocycles. The van der Waals surface area contributed by atoms with Gasteiger partial charge in [0.05, 0.1) is 17.7 Å². The first-order chi connectivity index (χ1) is 6.94. The number of amides is 1. The highest BCUT2D eigenvalue weighted by Gasteiger charge is 2.29. The summed E-state index contributed by atoms with van der Waals surface area (Å²) in [6.07, 6.45) is 0.0791. The van der Waals surface area contributed by atoms with Gasteiger partial charge in [0.15, 0.2) is 0 Å². The molecule has 2 unspecified atom stereocenters. The van der Waals surface area contributed by atoms with Crippen molar-refractivity contribution in [3.63, 3.8) is 0 Å². The predicted octanol–water partition coefficient (Wildman–Crippen LogP) is -0.328. The highest BCUT2D eigenvalue weighted by atomic mass is 35.5. The van der Waals surface area contributed by atoms with Gasteiger partial charge in [0.1, 0.15) is 0 Å². The first-order valence-electron chi connectivity index (χ1n) is 5.19. The molecular formula is C10H21ClN2O3. The third kappa shape index (κ3) is 4.65. The minimum absolute atomic E-state index is 0. The van der Waals surface area contributed by atoms with Crippen molar-refractivity contribution in [3.8, 4) is 0 Å². The number of halogens is 1. The summed E-state index contributed by atoms with van der Waals surface area (Å²) in [5, 5.41) is 15.0. The van der Waals surface area contributed by atoms with Gasteiger partial charge < -0.3 is 20.5 Å². The van der Waals surface area contributed by atoms with E-state index in [0.717, 1.165) is 0 Å². The van der Waals surface area contributed by atoms with Crippen molar-refractivity contribution < 1.29 is 14.6 Å². The zero-order chi connectivity index (χ0) is 11.5. The highest BCUT2D eigenvalue weighted by Crippen LogP contribution is 2.08. The lowest BCUT2D eigenvalue weighted by atomic mass is 10.1. The van der Waals surface area contributed by atoms with E-state index in [-0.39, 0.29) is 30.0 Å². The van der Waals surface area contributed by atoms with E-state index in [2.05, 4.69) is 10.6 Å². The molecule has 1 aliphatic heterocycles. The minimum atomic E-state index is -0.406. The van der Waals surface area contributed by atoms with Crippen LogP contribution in [-0.4, -0.2) is 49.0 Å². The third-order valence-corrected chi connectivity index (χ3v) is 2.67. The Kier molecular flexibility index (Phi) is 6.25. The van der Waals surface area contributed by atoms with Crippen LogP contribution in [0.25, 0.3) is 0 Å². The second-order valence-corrected chi connectivity index (χ2v) is 4.53. The fourth-order valence-electron chi connectivity index (χ4n) is 1.41. The van der Waals surface area contributed by atoms with Crippen LogP contribution in [0.15, 0.2) is 0 Å².